The van der Waals surface area contributed by atoms with Crippen LogP contribution in [-0.2, 0) is 4.79 Å². The van der Waals surface area contributed by atoms with Crippen molar-refractivity contribution in [2.75, 3.05) is 13.2 Å². The molecule has 0 saturated carbocycles. The normalized spacial score (nSPS) is 18.2. The quantitative estimate of drug-likeness (QED) is 0.894. The second-order valence-electron chi connectivity index (χ2n) is 5.93. The molecule has 0 spiro atoms. The summed E-state index contributed by atoms with van der Waals surface area (Å²) in [5.74, 6) is -1.55. The Morgan fingerprint density at radius 1 is 1.24 bits per heavy atom. The highest BCUT2D eigenvalue weighted by atomic mass is 19.1. The first-order chi connectivity index (χ1) is 12.0. The van der Waals surface area contributed by atoms with E-state index in [2.05, 4.69) is 0 Å². The monoisotopic (exact) mass is 344 g/mol. The van der Waals surface area contributed by atoms with E-state index in [1.165, 1.54) is 4.90 Å². The van der Waals surface area contributed by atoms with Crippen molar-refractivity contribution in [2.24, 2.45) is 5.73 Å². The Balaban J connectivity index is 2.01. The van der Waals surface area contributed by atoms with E-state index in [1.807, 2.05) is 30.3 Å². The average molecular weight is 344 g/mol. The van der Waals surface area contributed by atoms with Crippen LogP contribution < -0.4 is 5.73 Å². The van der Waals surface area contributed by atoms with Gasteiger partial charge in [0.2, 0.25) is 5.91 Å². The summed E-state index contributed by atoms with van der Waals surface area (Å²) in [6, 6.07) is 10.9. The second kappa shape index (κ2) is 7.13. The lowest BCUT2D eigenvalue weighted by Gasteiger charge is -2.27. The Kier molecular flexibility index (Phi) is 4.92. The highest BCUT2D eigenvalue weighted by molar-refractivity contribution is 5.86. The van der Waals surface area contributed by atoms with E-state index in [-0.39, 0.29) is 12.1 Å². The van der Waals surface area contributed by atoms with Gasteiger partial charge in [-0.1, -0.05) is 36.4 Å². The molecule has 130 valence electrons. The smallest absolute Gasteiger partial charge is 0.242 e. The van der Waals surface area contributed by atoms with Gasteiger partial charge in [-0.05, 0) is 29.3 Å². The molecule has 1 aliphatic rings. The summed E-state index contributed by atoms with van der Waals surface area (Å²) < 4.78 is 27.7. The third-order valence-electron chi connectivity index (χ3n) is 4.25. The van der Waals surface area contributed by atoms with Gasteiger partial charge in [0.15, 0.2) is 0 Å². The highest BCUT2D eigenvalue weighted by Crippen LogP contribution is 2.35. The van der Waals surface area contributed by atoms with Crippen LogP contribution in [0, 0.1) is 11.6 Å². The fourth-order valence-corrected chi connectivity index (χ4v) is 2.97. The molecule has 6 heteroatoms. The van der Waals surface area contributed by atoms with Gasteiger partial charge in [-0.3, -0.25) is 4.79 Å². The third kappa shape index (κ3) is 3.45. The van der Waals surface area contributed by atoms with Crippen LogP contribution in [0.25, 0.3) is 5.57 Å². The summed E-state index contributed by atoms with van der Waals surface area (Å²) in [6.07, 6.45) is 1.73. The molecule has 0 bridgehead atoms. The number of carbonyl (C=O) groups excluding carboxylic acids is 1. The van der Waals surface area contributed by atoms with Crippen LogP contribution in [0.1, 0.15) is 17.2 Å². The van der Waals surface area contributed by atoms with Crippen molar-refractivity contribution in [1.29, 1.82) is 0 Å². The van der Waals surface area contributed by atoms with Crippen molar-refractivity contribution in [3.05, 3.63) is 77.4 Å². The van der Waals surface area contributed by atoms with Gasteiger partial charge in [-0.15, -0.1) is 0 Å². The third-order valence-corrected chi connectivity index (χ3v) is 4.25. The Bertz CT molecular complexity index is 808. The predicted octanol–water partition coefficient (Wildman–Crippen LogP) is 2.25. The summed E-state index contributed by atoms with van der Waals surface area (Å²) in [7, 11) is 0. The zero-order valence-electron chi connectivity index (χ0n) is 13.4. The molecule has 2 aromatic carbocycles. The lowest BCUT2D eigenvalue weighted by Crippen LogP contribution is -2.45. The lowest BCUT2D eigenvalue weighted by molar-refractivity contribution is -0.133. The largest absolute Gasteiger partial charge is 0.394 e. The molecular formula is C19H18F2N2O2. The fraction of sp³-hybridized carbons (Fsp3) is 0.211. The number of hydrogen-bond donors (Lipinski definition) is 2. The highest BCUT2D eigenvalue weighted by Gasteiger charge is 2.33. The minimum atomic E-state index is -1.06. The number of amides is 1. The van der Waals surface area contributed by atoms with Crippen LogP contribution in [0.15, 0.2) is 54.6 Å². The van der Waals surface area contributed by atoms with Crippen LogP contribution in [-0.4, -0.2) is 35.1 Å². The first kappa shape index (κ1) is 17.3. The Hall–Kier alpha value is -2.57. The zero-order chi connectivity index (χ0) is 18.0. The van der Waals surface area contributed by atoms with Crippen LogP contribution >= 0.6 is 0 Å². The van der Waals surface area contributed by atoms with E-state index in [0.29, 0.717) is 5.57 Å². The van der Waals surface area contributed by atoms with Gasteiger partial charge in [-0.25, -0.2) is 8.78 Å². The molecule has 2 atom stereocenters. The number of aliphatic hydroxyl groups is 1. The maximum atomic E-state index is 14.1. The maximum Gasteiger partial charge on any atom is 0.242 e. The molecule has 3 rings (SSSR count). The van der Waals surface area contributed by atoms with E-state index in [4.69, 9.17) is 5.73 Å². The molecule has 4 nitrogen and oxygen atoms in total. The molecule has 1 heterocycles. The number of carbonyl (C=O) groups is 1. The van der Waals surface area contributed by atoms with Crippen LogP contribution in [0.5, 0.6) is 0 Å². The molecule has 25 heavy (non-hydrogen) atoms. The van der Waals surface area contributed by atoms with Gasteiger partial charge < -0.3 is 15.7 Å². The van der Waals surface area contributed by atoms with Crippen molar-refractivity contribution < 1.29 is 18.7 Å². The van der Waals surface area contributed by atoms with Crippen LogP contribution in [0.4, 0.5) is 8.78 Å². The van der Waals surface area contributed by atoms with Crippen molar-refractivity contribution >= 4 is 11.5 Å². The van der Waals surface area contributed by atoms with E-state index in [9.17, 15) is 18.7 Å². The SMILES string of the molecule is N[C@@H](CO)C(=O)N1CC(c2cc(F)ccc2F)=CC1c1ccccc1. The summed E-state index contributed by atoms with van der Waals surface area (Å²) in [5, 5.41) is 9.19. The number of hydrogen-bond acceptors (Lipinski definition) is 3. The minimum absolute atomic E-state index is 0.0897. The first-order valence-electron chi connectivity index (χ1n) is 7.89. The van der Waals surface area contributed by atoms with E-state index in [0.717, 1.165) is 23.8 Å². The van der Waals surface area contributed by atoms with Crippen molar-refractivity contribution in [1.82, 2.24) is 4.90 Å². The average Bonchev–Trinajstić information content (AvgIpc) is 3.08. The summed E-state index contributed by atoms with van der Waals surface area (Å²) in [5.41, 5.74) is 7.13. The molecule has 0 radical (unpaired) electrons. The molecule has 0 fully saturated rings. The molecule has 1 amide bonds. The van der Waals surface area contributed by atoms with Crippen molar-refractivity contribution in [3.63, 3.8) is 0 Å². The summed E-state index contributed by atoms with van der Waals surface area (Å²) in [4.78, 5) is 14.0. The zero-order valence-corrected chi connectivity index (χ0v) is 13.4. The van der Waals surface area contributed by atoms with Gasteiger partial charge >= 0.3 is 0 Å². The molecular weight excluding hydrogens is 326 g/mol. The number of rotatable bonds is 4. The van der Waals surface area contributed by atoms with Gasteiger partial charge in [0.25, 0.3) is 0 Å². The van der Waals surface area contributed by atoms with Crippen molar-refractivity contribution in [3.8, 4) is 0 Å². The second-order valence-corrected chi connectivity index (χ2v) is 5.93. The minimum Gasteiger partial charge on any atom is -0.394 e. The van der Waals surface area contributed by atoms with Gasteiger partial charge in [0, 0.05) is 12.1 Å². The van der Waals surface area contributed by atoms with Gasteiger partial charge in [0.1, 0.15) is 17.7 Å². The number of halogens is 2. The first-order valence-corrected chi connectivity index (χ1v) is 7.89. The van der Waals surface area contributed by atoms with Crippen molar-refractivity contribution in [2.45, 2.75) is 12.1 Å². The topological polar surface area (TPSA) is 66.6 Å². The van der Waals surface area contributed by atoms with Gasteiger partial charge in [-0.2, -0.15) is 0 Å². The molecule has 2 aromatic rings. The number of nitrogens with zero attached hydrogens (tertiary/aromatic N) is 1. The van der Waals surface area contributed by atoms with Gasteiger partial charge in [0.05, 0.1) is 12.6 Å². The van der Waals surface area contributed by atoms with E-state index < -0.39 is 36.2 Å². The maximum absolute atomic E-state index is 14.1. The van der Waals surface area contributed by atoms with Crippen LogP contribution in [0.3, 0.4) is 0 Å². The lowest BCUT2D eigenvalue weighted by atomic mass is 10.0. The fourth-order valence-electron chi connectivity index (χ4n) is 2.97. The molecule has 0 saturated heterocycles. The molecule has 0 aliphatic carbocycles. The number of aliphatic hydroxyl groups excluding tert-OH is 1. The number of nitrogens with two attached hydrogens (primary N) is 1. The molecule has 0 aromatic heterocycles. The molecule has 3 N–H and O–H groups in total. The Morgan fingerprint density at radius 2 is 1.96 bits per heavy atom. The molecule has 1 unspecified atom stereocenters. The molecule has 1 aliphatic heterocycles. The summed E-state index contributed by atoms with van der Waals surface area (Å²) in [6.45, 7) is -0.396. The number of benzene rings is 2. The predicted molar refractivity (Wildman–Crippen MR) is 90.3 cm³/mol. The van der Waals surface area contributed by atoms with E-state index in [1.54, 1.807) is 6.08 Å². The Labute approximate surface area is 144 Å². The van der Waals surface area contributed by atoms with E-state index >= 15 is 0 Å². The standard InChI is InChI=1S/C19H18F2N2O2/c20-14-6-7-16(21)15(9-14)13-8-18(12-4-2-1-3-5-12)23(10-13)19(25)17(22)11-24/h1-9,17-18,24H,10-11,22H2/t17-,18?/m0/s1. The van der Waals surface area contributed by atoms with Crippen LogP contribution in [0.2, 0.25) is 0 Å². The Morgan fingerprint density at radius 3 is 2.64 bits per heavy atom. The summed E-state index contributed by atoms with van der Waals surface area (Å²) >= 11 is 0.